The number of alkyl halides is 6. The van der Waals surface area contributed by atoms with Gasteiger partial charge in [-0.15, -0.1) is 0 Å². The van der Waals surface area contributed by atoms with Crippen LogP contribution in [0.2, 0.25) is 0 Å². The fourth-order valence-corrected chi connectivity index (χ4v) is 5.34. The monoisotopic (exact) mass is 552 g/mol. The first-order chi connectivity index (χ1) is 13.8. The van der Waals surface area contributed by atoms with Crippen LogP contribution in [0.15, 0.2) is 0 Å². The minimum absolute atomic E-state index is 3.34. The molecule has 31 heavy (non-hydrogen) atoms. The molecular formula is C14F16Se. The standard InChI is InChI=1S/C14F16Se/c15-3-1(13(23,24)25)4(16)8(20)11(7(3)19)31(29,30)12-9(21)5(17)2(14(26,27)28)6(18)10(12)22. The van der Waals surface area contributed by atoms with Gasteiger partial charge >= 0.3 is 161 Å². The van der Waals surface area contributed by atoms with Crippen molar-refractivity contribution in [3.8, 4) is 0 Å². The SMILES string of the molecule is Fc1c(F)c([Se](F)(F)c2c(F)c(F)c(C(F)(F)F)c(F)c2F)c(F)c(F)c1C(F)(F)F. The molecule has 0 fully saturated rings. The molecular weight excluding hydrogens is 551 g/mol. The molecule has 0 aliphatic rings. The fraction of sp³-hybridized carbons (Fsp3) is 0.143. The van der Waals surface area contributed by atoms with Gasteiger partial charge in [0.1, 0.15) is 0 Å². The first kappa shape index (κ1) is 25.1. The first-order valence-electron chi connectivity index (χ1n) is 6.86. The normalized spacial score (nSPS) is 13.7. The van der Waals surface area contributed by atoms with Crippen molar-refractivity contribution in [1.82, 2.24) is 0 Å². The van der Waals surface area contributed by atoms with E-state index in [1.165, 1.54) is 0 Å². The Morgan fingerprint density at radius 3 is 0.742 bits per heavy atom. The Bertz CT molecular complexity index is 922. The molecule has 0 radical (unpaired) electrons. The van der Waals surface area contributed by atoms with Gasteiger partial charge in [-0.2, -0.15) is 0 Å². The molecule has 0 saturated carbocycles. The molecule has 0 aliphatic carbocycles. The third kappa shape index (κ3) is 3.81. The van der Waals surface area contributed by atoms with E-state index in [0.717, 1.165) is 0 Å². The van der Waals surface area contributed by atoms with Crippen LogP contribution < -0.4 is 8.92 Å². The van der Waals surface area contributed by atoms with Gasteiger partial charge in [0.25, 0.3) is 0 Å². The van der Waals surface area contributed by atoms with Crippen molar-refractivity contribution in [2.75, 3.05) is 0 Å². The van der Waals surface area contributed by atoms with E-state index in [0.29, 0.717) is 0 Å². The van der Waals surface area contributed by atoms with Crippen LogP contribution in [-0.2, 0) is 12.4 Å². The van der Waals surface area contributed by atoms with Gasteiger partial charge in [-0.25, -0.2) is 0 Å². The molecule has 2 aromatic rings. The third-order valence-electron chi connectivity index (χ3n) is 3.53. The van der Waals surface area contributed by atoms with E-state index in [2.05, 4.69) is 0 Å². The summed E-state index contributed by atoms with van der Waals surface area (Å²) >= 11 is -8.35. The Hall–Kier alpha value is -2.16. The predicted octanol–water partition coefficient (Wildman–Crippen LogP) is 5.33. The zero-order chi connectivity index (χ0) is 24.4. The number of halogens is 16. The average Bonchev–Trinajstić information content (AvgIpc) is 2.56. The van der Waals surface area contributed by atoms with E-state index < -0.39 is 92.7 Å². The summed E-state index contributed by atoms with van der Waals surface area (Å²) in [5.74, 6) is -28.0. The van der Waals surface area contributed by atoms with Gasteiger partial charge in [0.15, 0.2) is 0 Å². The molecule has 0 spiro atoms. The van der Waals surface area contributed by atoms with E-state index in [4.69, 9.17) is 0 Å². The Labute approximate surface area is 162 Å². The molecule has 2 aromatic carbocycles. The number of hydrogen-bond donors (Lipinski definition) is 0. The van der Waals surface area contributed by atoms with Crippen molar-refractivity contribution in [3.05, 3.63) is 57.7 Å². The number of rotatable bonds is 2. The van der Waals surface area contributed by atoms with Crippen molar-refractivity contribution >= 4 is 22.7 Å². The second-order valence-corrected chi connectivity index (χ2v) is 9.07. The fourth-order valence-electron chi connectivity index (χ4n) is 2.27. The Morgan fingerprint density at radius 1 is 0.387 bits per heavy atom. The average molecular weight is 551 g/mol. The van der Waals surface area contributed by atoms with Crippen LogP contribution >= 0.6 is 0 Å². The molecule has 0 unspecified atom stereocenters. The zero-order valence-corrected chi connectivity index (χ0v) is 15.2. The van der Waals surface area contributed by atoms with Gasteiger partial charge in [0.2, 0.25) is 0 Å². The summed E-state index contributed by atoms with van der Waals surface area (Å²) in [5, 5.41) is 0. The van der Waals surface area contributed by atoms with Gasteiger partial charge in [0, 0.05) is 0 Å². The predicted molar refractivity (Wildman–Crippen MR) is 69.8 cm³/mol. The Kier molecular flexibility index (Phi) is 6.04. The van der Waals surface area contributed by atoms with E-state index in [1.807, 2.05) is 0 Å². The van der Waals surface area contributed by atoms with Crippen molar-refractivity contribution < 1.29 is 68.6 Å². The molecule has 174 valence electrons. The van der Waals surface area contributed by atoms with Crippen LogP contribution in [0.3, 0.4) is 0 Å². The molecule has 0 bridgehead atoms. The van der Waals surface area contributed by atoms with Gasteiger partial charge in [-0.3, -0.25) is 0 Å². The molecule has 0 atom stereocenters. The van der Waals surface area contributed by atoms with Gasteiger partial charge in [-0.05, 0) is 0 Å². The van der Waals surface area contributed by atoms with Gasteiger partial charge in [0.05, 0.1) is 0 Å². The number of benzene rings is 2. The third-order valence-corrected chi connectivity index (χ3v) is 7.18. The number of hydrogen-bond acceptors (Lipinski definition) is 0. The van der Waals surface area contributed by atoms with Crippen LogP contribution in [0.25, 0.3) is 0 Å². The molecule has 2 rings (SSSR count). The summed E-state index contributed by atoms with van der Waals surface area (Å²) in [7, 11) is 0. The van der Waals surface area contributed by atoms with E-state index >= 15 is 0 Å². The van der Waals surface area contributed by atoms with Crippen LogP contribution in [0, 0.1) is 46.5 Å². The maximum absolute atomic E-state index is 14.5. The van der Waals surface area contributed by atoms with E-state index in [-0.39, 0.29) is 0 Å². The molecule has 0 aromatic heterocycles. The molecule has 17 heteroatoms. The van der Waals surface area contributed by atoms with Crippen LogP contribution in [0.1, 0.15) is 11.1 Å². The Morgan fingerprint density at radius 2 is 0.581 bits per heavy atom. The molecule has 0 nitrogen and oxygen atoms in total. The second-order valence-electron chi connectivity index (χ2n) is 5.38. The van der Waals surface area contributed by atoms with Crippen molar-refractivity contribution in [1.29, 1.82) is 0 Å². The van der Waals surface area contributed by atoms with Crippen LogP contribution in [0.4, 0.5) is 68.6 Å². The van der Waals surface area contributed by atoms with Crippen molar-refractivity contribution in [2.24, 2.45) is 0 Å². The zero-order valence-electron chi connectivity index (χ0n) is 13.5. The van der Waals surface area contributed by atoms with Crippen LogP contribution in [0.5, 0.6) is 0 Å². The van der Waals surface area contributed by atoms with Crippen molar-refractivity contribution in [2.45, 2.75) is 12.4 Å². The topological polar surface area (TPSA) is 0 Å². The molecule has 0 saturated heterocycles. The Balaban J connectivity index is 3.00. The van der Waals surface area contributed by atoms with Gasteiger partial charge < -0.3 is 0 Å². The summed E-state index contributed by atoms with van der Waals surface area (Å²) in [6.45, 7) is 0. The van der Waals surface area contributed by atoms with Crippen molar-refractivity contribution in [3.63, 3.8) is 0 Å². The summed E-state index contributed by atoms with van der Waals surface area (Å²) in [4.78, 5) is 0. The molecule has 0 N–H and O–H groups in total. The van der Waals surface area contributed by atoms with Gasteiger partial charge in [-0.1, -0.05) is 0 Å². The summed E-state index contributed by atoms with van der Waals surface area (Å²) in [6, 6.07) is 0. The summed E-state index contributed by atoms with van der Waals surface area (Å²) in [5.41, 5.74) is -6.71. The minimum atomic E-state index is -8.35. The first-order valence-corrected chi connectivity index (χ1v) is 9.87. The molecule has 0 amide bonds. The second kappa shape index (κ2) is 7.46. The van der Waals surface area contributed by atoms with E-state index in [9.17, 15) is 68.6 Å². The maximum atomic E-state index is 14.5. The quantitative estimate of drug-likeness (QED) is 0.269. The molecule has 0 heterocycles. The van der Waals surface area contributed by atoms with E-state index in [1.54, 1.807) is 0 Å². The summed E-state index contributed by atoms with van der Waals surface area (Å²) < 4.78 is 207. The van der Waals surface area contributed by atoms with Crippen LogP contribution in [-0.4, -0.2) is 13.8 Å². The summed E-state index contributed by atoms with van der Waals surface area (Å²) in [6.07, 6.45) is -12.4. The molecule has 0 aliphatic heterocycles.